The molecule has 0 saturated carbocycles. The Morgan fingerprint density at radius 2 is 2.11 bits per heavy atom. The Hall–Kier alpha value is -2.14. The number of nitrogens with zero attached hydrogens (tertiary/aromatic N) is 3. The number of hydrogen-bond acceptors (Lipinski definition) is 3. The summed E-state index contributed by atoms with van der Waals surface area (Å²) in [4.78, 5) is 0. The van der Waals surface area contributed by atoms with Gasteiger partial charge in [-0.2, -0.15) is 0 Å². The number of aromatic nitrogens is 4. The summed E-state index contributed by atoms with van der Waals surface area (Å²) in [5.41, 5.74) is 3.95. The van der Waals surface area contributed by atoms with E-state index in [2.05, 4.69) is 15.3 Å². The SMILES string of the molecule is Cc1ccccc1-c1nnc2cc(CCO)[nH]n12. The number of fused-ring (bicyclic) bond motifs is 1. The molecule has 0 amide bonds. The number of hydrogen-bond donors (Lipinski definition) is 2. The molecule has 18 heavy (non-hydrogen) atoms. The highest BCUT2D eigenvalue weighted by atomic mass is 16.3. The molecule has 0 radical (unpaired) electrons. The standard InChI is InChI=1S/C13H14N4O/c1-9-4-2-3-5-11(9)13-15-14-12-8-10(6-7-18)16-17(12)13/h2-5,8,16,18H,6-7H2,1H3. The Morgan fingerprint density at radius 3 is 2.89 bits per heavy atom. The van der Waals surface area contributed by atoms with Gasteiger partial charge in [0.2, 0.25) is 0 Å². The molecule has 2 aromatic heterocycles. The highest BCUT2D eigenvalue weighted by molar-refractivity contribution is 5.62. The lowest BCUT2D eigenvalue weighted by Crippen LogP contribution is -1.96. The van der Waals surface area contributed by atoms with E-state index in [1.54, 1.807) is 0 Å². The van der Waals surface area contributed by atoms with Crippen LogP contribution in [-0.2, 0) is 6.42 Å². The van der Waals surface area contributed by atoms with Crippen LogP contribution in [-0.4, -0.2) is 31.5 Å². The lowest BCUT2D eigenvalue weighted by molar-refractivity contribution is 0.298. The van der Waals surface area contributed by atoms with Gasteiger partial charge >= 0.3 is 0 Å². The van der Waals surface area contributed by atoms with Gasteiger partial charge in [-0.1, -0.05) is 24.3 Å². The molecule has 0 aliphatic carbocycles. The minimum atomic E-state index is 0.122. The quantitative estimate of drug-likeness (QED) is 0.732. The zero-order valence-corrected chi connectivity index (χ0v) is 10.1. The van der Waals surface area contributed by atoms with E-state index < -0.39 is 0 Å². The third kappa shape index (κ3) is 1.69. The summed E-state index contributed by atoms with van der Waals surface area (Å²) in [6.07, 6.45) is 0.594. The van der Waals surface area contributed by atoms with E-state index in [1.807, 2.05) is 41.8 Å². The van der Waals surface area contributed by atoms with Crippen LogP contribution < -0.4 is 0 Å². The van der Waals surface area contributed by atoms with Gasteiger partial charge in [0.05, 0.1) is 0 Å². The molecule has 0 fully saturated rings. The van der Waals surface area contributed by atoms with E-state index in [0.717, 1.165) is 28.3 Å². The van der Waals surface area contributed by atoms with Crippen molar-refractivity contribution < 1.29 is 5.11 Å². The molecule has 0 spiro atoms. The van der Waals surface area contributed by atoms with Crippen molar-refractivity contribution in [1.82, 2.24) is 19.8 Å². The van der Waals surface area contributed by atoms with E-state index in [-0.39, 0.29) is 6.61 Å². The third-order valence-corrected chi connectivity index (χ3v) is 3.01. The van der Waals surface area contributed by atoms with Gasteiger partial charge in [-0.25, -0.2) is 4.52 Å². The Bertz CT molecular complexity index is 683. The molecule has 2 heterocycles. The number of rotatable bonds is 3. The average Bonchev–Trinajstić information content (AvgIpc) is 2.90. The molecular weight excluding hydrogens is 228 g/mol. The van der Waals surface area contributed by atoms with Gasteiger partial charge in [-0.3, -0.25) is 5.10 Å². The molecule has 5 nitrogen and oxygen atoms in total. The van der Waals surface area contributed by atoms with Gasteiger partial charge in [-0.15, -0.1) is 10.2 Å². The smallest absolute Gasteiger partial charge is 0.183 e. The maximum absolute atomic E-state index is 8.95. The second kappa shape index (κ2) is 4.27. The van der Waals surface area contributed by atoms with Gasteiger partial charge in [-0.05, 0) is 12.5 Å². The summed E-state index contributed by atoms with van der Waals surface area (Å²) in [6, 6.07) is 9.97. The van der Waals surface area contributed by atoms with Crippen molar-refractivity contribution in [3.63, 3.8) is 0 Å². The summed E-state index contributed by atoms with van der Waals surface area (Å²) in [6.45, 7) is 2.17. The van der Waals surface area contributed by atoms with Crippen molar-refractivity contribution in [2.45, 2.75) is 13.3 Å². The summed E-state index contributed by atoms with van der Waals surface area (Å²) in [5.74, 6) is 0.798. The molecular formula is C13H14N4O. The molecule has 3 aromatic rings. The van der Waals surface area contributed by atoms with Crippen molar-refractivity contribution in [3.8, 4) is 11.4 Å². The number of benzene rings is 1. The number of aliphatic hydroxyl groups is 1. The molecule has 0 saturated heterocycles. The van der Waals surface area contributed by atoms with E-state index in [0.29, 0.717) is 6.42 Å². The van der Waals surface area contributed by atoms with Crippen LogP contribution in [0.4, 0.5) is 0 Å². The Morgan fingerprint density at radius 1 is 1.28 bits per heavy atom. The number of aryl methyl sites for hydroxylation is 1. The molecule has 3 rings (SSSR count). The van der Waals surface area contributed by atoms with Gasteiger partial charge in [0, 0.05) is 30.4 Å². The summed E-state index contributed by atoms with van der Waals surface area (Å²) < 4.78 is 1.85. The van der Waals surface area contributed by atoms with Crippen LogP contribution in [0.3, 0.4) is 0 Å². The van der Waals surface area contributed by atoms with E-state index in [9.17, 15) is 0 Å². The Balaban J connectivity index is 2.15. The molecule has 0 atom stereocenters. The van der Waals surface area contributed by atoms with Crippen LogP contribution in [0, 0.1) is 6.92 Å². The number of aromatic amines is 1. The first kappa shape index (κ1) is 11.0. The first-order valence-electron chi connectivity index (χ1n) is 5.89. The molecule has 2 N–H and O–H groups in total. The van der Waals surface area contributed by atoms with Crippen molar-refractivity contribution in [2.75, 3.05) is 6.61 Å². The van der Waals surface area contributed by atoms with Crippen LogP contribution in [0.15, 0.2) is 30.3 Å². The molecule has 0 aliphatic heterocycles. The van der Waals surface area contributed by atoms with Crippen molar-refractivity contribution >= 4 is 5.65 Å². The highest BCUT2D eigenvalue weighted by Crippen LogP contribution is 2.21. The first-order valence-corrected chi connectivity index (χ1v) is 5.89. The fourth-order valence-corrected chi connectivity index (χ4v) is 2.08. The van der Waals surface area contributed by atoms with Gasteiger partial charge < -0.3 is 5.11 Å². The first-order chi connectivity index (χ1) is 8.79. The topological polar surface area (TPSA) is 66.2 Å². The summed E-state index contributed by atoms with van der Waals surface area (Å²) in [5, 5.41) is 20.5. The Kier molecular flexibility index (Phi) is 2.60. The van der Waals surface area contributed by atoms with Crippen molar-refractivity contribution in [3.05, 3.63) is 41.6 Å². The fraction of sp³-hybridized carbons (Fsp3) is 0.231. The Labute approximate surface area is 104 Å². The second-order valence-corrected chi connectivity index (χ2v) is 4.29. The van der Waals surface area contributed by atoms with E-state index in [1.165, 1.54) is 0 Å². The van der Waals surface area contributed by atoms with Gasteiger partial charge in [0.15, 0.2) is 11.5 Å². The monoisotopic (exact) mass is 242 g/mol. The predicted molar refractivity (Wildman–Crippen MR) is 68.3 cm³/mol. The van der Waals surface area contributed by atoms with Crippen molar-refractivity contribution in [1.29, 1.82) is 0 Å². The molecule has 1 aromatic carbocycles. The van der Waals surface area contributed by atoms with Crippen LogP contribution in [0.25, 0.3) is 17.0 Å². The summed E-state index contributed by atoms with van der Waals surface area (Å²) >= 11 is 0. The zero-order chi connectivity index (χ0) is 12.5. The number of H-pyrrole nitrogens is 1. The molecule has 0 bridgehead atoms. The molecule has 92 valence electrons. The molecule has 0 unspecified atom stereocenters. The van der Waals surface area contributed by atoms with Crippen LogP contribution in [0.5, 0.6) is 0 Å². The van der Waals surface area contributed by atoms with Crippen LogP contribution in [0.2, 0.25) is 0 Å². The molecule has 5 heteroatoms. The zero-order valence-electron chi connectivity index (χ0n) is 10.1. The largest absolute Gasteiger partial charge is 0.396 e. The third-order valence-electron chi connectivity index (χ3n) is 3.01. The lowest BCUT2D eigenvalue weighted by Gasteiger charge is -2.02. The average molecular weight is 242 g/mol. The lowest BCUT2D eigenvalue weighted by atomic mass is 10.1. The number of nitrogens with one attached hydrogen (secondary N) is 1. The van der Waals surface area contributed by atoms with Crippen LogP contribution in [0.1, 0.15) is 11.3 Å². The second-order valence-electron chi connectivity index (χ2n) is 4.29. The molecule has 0 aliphatic rings. The van der Waals surface area contributed by atoms with E-state index in [4.69, 9.17) is 5.11 Å². The van der Waals surface area contributed by atoms with Crippen molar-refractivity contribution in [2.24, 2.45) is 0 Å². The van der Waals surface area contributed by atoms with Gasteiger partial charge in [0.25, 0.3) is 0 Å². The van der Waals surface area contributed by atoms with E-state index >= 15 is 0 Å². The van der Waals surface area contributed by atoms with Crippen LogP contribution >= 0.6 is 0 Å². The normalized spacial score (nSPS) is 11.2. The highest BCUT2D eigenvalue weighted by Gasteiger charge is 2.12. The minimum absolute atomic E-state index is 0.122. The maximum atomic E-state index is 8.95. The number of aliphatic hydroxyl groups excluding tert-OH is 1. The minimum Gasteiger partial charge on any atom is -0.396 e. The predicted octanol–water partition coefficient (Wildman–Crippen LogP) is 1.57. The fourth-order valence-electron chi connectivity index (χ4n) is 2.08. The maximum Gasteiger partial charge on any atom is 0.183 e. The summed E-state index contributed by atoms with van der Waals surface area (Å²) in [7, 11) is 0. The van der Waals surface area contributed by atoms with Gasteiger partial charge in [0.1, 0.15) is 0 Å².